The molecular weight excluding hydrogens is 263 g/mol. The summed E-state index contributed by atoms with van der Waals surface area (Å²) >= 11 is 13.6. The van der Waals surface area contributed by atoms with Crippen molar-refractivity contribution in [3.63, 3.8) is 0 Å². The van der Waals surface area contributed by atoms with E-state index in [-0.39, 0.29) is 0 Å². The van der Waals surface area contributed by atoms with Crippen molar-refractivity contribution in [2.24, 2.45) is 0 Å². The first-order chi connectivity index (χ1) is 7.68. The number of rotatable bonds is 3. The quantitative estimate of drug-likeness (QED) is 0.882. The molecule has 0 aliphatic rings. The number of halogens is 2. The largest absolute Gasteiger partial charge is 0.388 e. The van der Waals surface area contributed by atoms with Crippen LogP contribution in [0.25, 0.3) is 0 Å². The van der Waals surface area contributed by atoms with E-state index in [1.807, 2.05) is 17.5 Å². The van der Waals surface area contributed by atoms with Crippen molar-refractivity contribution in [3.8, 4) is 0 Å². The predicted octanol–water partition coefficient (Wildman–Crippen LogP) is 4.33. The Morgan fingerprint density at radius 1 is 1.19 bits per heavy atom. The van der Waals surface area contributed by atoms with Gasteiger partial charge in [-0.1, -0.05) is 41.4 Å². The summed E-state index contributed by atoms with van der Waals surface area (Å²) in [4.78, 5) is 1.13. The molecule has 4 heteroatoms. The number of thiophene rings is 1. The van der Waals surface area contributed by atoms with Crippen molar-refractivity contribution in [1.29, 1.82) is 0 Å². The fourth-order valence-electron chi connectivity index (χ4n) is 1.51. The zero-order valence-corrected chi connectivity index (χ0v) is 10.7. The summed E-state index contributed by atoms with van der Waals surface area (Å²) in [7, 11) is 0. The Hall–Kier alpha value is -0.540. The Kier molecular flexibility index (Phi) is 3.87. The van der Waals surface area contributed by atoms with Crippen LogP contribution in [0.4, 0.5) is 0 Å². The summed E-state index contributed by atoms with van der Waals surface area (Å²) < 4.78 is 0. The Morgan fingerprint density at radius 3 is 2.69 bits per heavy atom. The Balaban J connectivity index is 2.21. The molecule has 0 aliphatic heterocycles. The molecular formula is C12H10Cl2OS. The highest BCUT2D eigenvalue weighted by atomic mass is 35.5. The van der Waals surface area contributed by atoms with Gasteiger partial charge in [-0.2, -0.15) is 0 Å². The normalized spacial score (nSPS) is 12.7. The van der Waals surface area contributed by atoms with Gasteiger partial charge in [0.2, 0.25) is 0 Å². The molecule has 1 atom stereocenters. The van der Waals surface area contributed by atoms with Crippen LogP contribution in [0.3, 0.4) is 0 Å². The highest BCUT2D eigenvalue weighted by molar-refractivity contribution is 7.09. The molecule has 0 aliphatic carbocycles. The molecule has 1 heterocycles. The Morgan fingerprint density at radius 2 is 2.00 bits per heavy atom. The minimum absolute atomic E-state index is 0.438. The van der Waals surface area contributed by atoms with Crippen molar-refractivity contribution in [1.82, 2.24) is 0 Å². The first-order valence-corrected chi connectivity index (χ1v) is 6.46. The standard InChI is InChI=1S/C12H10Cl2OS/c13-10-5-1-4-9(12(10)14)11(15)7-8-3-2-6-16-8/h1-6,11,15H,7H2. The van der Waals surface area contributed by atoms with Crippen LogP contribution in [-0.2, 0) is 6.42 Å². The third kappa shape index (κ3) is 2.58. The van der Waals surface area contributed by atoms with Crippen LogP contribution in [0.2, 0.25) is 10.0 Å². The smallest absolute Gasteiger partial charge is 0.0853 e. The van der Waals surface area contributed by atoms with Gasteiger partial charge in [0.05, 0.1) is 16.1 Å². The minimum atomic E-state index is -0.607. The van der Waals surface area contributed by atoms with Gasteiger partial charge >= 0.3 is 0 Å². The fourth-order valence-corrected chi connectivity index (χ4v) is 2.68. The van der Waals surface area contributed by atoms with Gasteiger partial charge in [0.15, 0.2) is 0 Å². The topological polar surface area (TPSA) is 20.2 Å². The van der Waals surface area contributed by atoms with E-state index >= 15 is 0 Å². The maximum Gasteiger partial charge on any atom is 0.0853 e. The molecule has 0 saturated heterocycles. The zero-order chi connectivity index (χ0) is 11.5. The van der Waals surface area contributed by atoms with E-state index in [9.17, 15) is 5.11 Å². The third-order valence-electron chi connectivity index (χ3n) is 2.32. The van der Waals surface area contributed by atoms with Gasteiger partial charge in [-0.3, -0.25) is 0 Å². The molecule has 2 rings (SSSR count). The first-order valence-electron chi connectivity index (χ1n) is 4.83. The van der Waals surface area contributed by atoms with Crippen LogP contribution in [0.15, 0.2) is 35.7 Å². The molecule has 1 nitrogen and oxygen atoms in total. The molecule has 0 spiro atoms. The molecule has 1 unspecified atom stereocenters. The Labute approximate surface area is 108 Å². The van der Waals surface area contributed by atoms with Gasteiger partial charge in [0.1, 0.15) is 0 Å². The molecule has 16 heavy (non-hydrogen) atoms. The van der Waals surface area contributed by atoms with Gasteiger partial charge in [-0.15, -0.1) is 11.3 Å². The summed E-state index contributed by atoms with van der Waals surface area (Å²) in [5.41, 5.74) is 0.683. The summed E-state index contributed by atoms with van der Waals surface area (Å²) in [6, 6.07) is 9.26. The SMILES string of the molecule is OC(Cc1cccs1)c1cccc(Cl)c1Cl. The fraction of sp³-hybridized carbons (Fsp3) is 0.167. The molecule has 0 amide bonds. The number of hydrogen-bond donors (Lipinski definition) is 1. The highest BCUT2D eigenvalue weighted by Gasteiger charge is 2.14. The van der Waals surface area contributed by atoms with Crippen LogP contribution in [0.5, 0.6) is 0 Å². The lowest BCUT2D eigenvalue weighted by molar-refractivity contribution is 0.179. The van der Waals surface area contributed by atoms with Crippen LogP contribution in [0.1, 0.15) is 16.5 Å². The van der Waals surface area contributed by atoms with E-state index in [1.54, 1.807) is 29.5 Å². The molecule has 0 bridgehead atoms. The van der Waals surface area contributed by atoms with E-state index in [2.05, 4.69) is 0 Å². The van der Waals surface area contributed by atoms with Gasteiger partial charge in [-0.05, 0) is 17.5 Å². The van der Waals surface area contributed by atoms with Gasteiger partial charge in [0, 0.05) is 16.9 Å². The zero-order valence-electron chi connectivity index (χ0n) is 8.36. The summed E-state index contributed by atoms with van der Waals surface area (Å²) in [5.74, 6) is 0. The number of hydrogen-bond acceptors (Lipinski definition) is 2. The maximum atomic E-state index is 10.1. The third-order valence-corrected chi connectivity index (χ3v) is 4.05. The van der Waals surface area contributed by atoms with Gasteiger partial charge in [-0.25, -0.2) is 0 Å². The van der Waals surface area contributed by atoms with Crippen molar-refractivity contribution >= 4 is 34.5 Å². The number of aliphatic hydroxyl groups excluding tert-OH is 1. The summed E-state index contributed by atoms with van der Waals surface area (Å²) in [5, 5.41) is 13.0. The van der Waals surface area contributed by atoms with Crippen LogP contribution in [-0.4, -0.2) is 5.11 Å². The summed E-state index contributed by atoms with van der Waals surface area (Å²) in [6.45, 7) is 0. The molecule has 2 aromatic rings. The van der Waals surface area contributed by atoms with Gasteiger partial charge in [0.25, 0.3) is 0 Å². The van der Waals surface area contributed by atoms with Crippen molar-refractivity contribution in [2.75, 3.05) is 0 Å². The van der Waals surface area contributed by atoms with Crippen LogP contribution in [0, 0.1) is 0 Å². The summed E-state index contributed by atoms with van der Waals surface area (Å²) in [6.07, 6.45) is -0.0394. The average Bonchev–Trinajstić information content (AvgIpc) is 2.74. The second-order valence-corrected chi connectivity index (χ2v) is 5.26. The second-order valence-electron chi connectivity index (χ2n) is 3.44. The van der Waals surface area contributed by atoms with Crippen LogP contribution < -0.4 is 0 Å². The molecule has 0 fully saturated rings. The predicted molar refractivity (Wildman–Crippen MR) is 69.4 cm³/mol. The monoisotopic (exact) mass is 272 g/mol. The molecule has 84 valence electrons. The number of benzene rings is 1. The van der Waals surface area contributed by atoms with Crippen LogP contribution >= 0.6 is 34.5 Å². The Bertz CT molecular complexity index is 468. The lowest BCUT2D eigenvalue weighted by Crippen LogP contribution is -2.01. The molecule has 0 radical (unpaired) electrons. The van der Waals surface area contributed by atoms with Gasteiger partial charge < -0.3 is 5.11 Å². The first kappa shape index (κ1) is 11.9. The highest BCUT2D eigenvalue weighted by Crippen LogP contribution is 2.31. The van der Waals surface area contributed by atoms with E-state index in [1.165, 1.54) is 0 Å². The van der Waals surface area contributed by atoms with E-state index in [0.717, 1.165) is 4.88 Å². The number of aliphatic hydroxyl groups is 1. The van der Waals surface area contributed by atoms with E-state index in [4.69, 9.17) is 23.2 Å². The molecule has 0 saturated carbocycles. The van der Waals surface area contributed by atoms with Crippen molar-refractivity contribution in [3.05, 3.63) is 56.2 Å². The maximum absolute atomic E-state index is 10.1. The van der Waals surface area contributed by atoms with E-state index < -0.39 is 6.10 Å². The second kappa shape index (κ2) is 5.19. The van der Waals surface area contributed by atoms with Crippen molar-refractivity contribution in [2.45, 2.75) is 12.5 Å². The molecule has 1 N–H and O–H groups in total. The lowest BCUT2D eigenvalue weighted by atomic mass is 10.1. The average molecular weight is 273 g/mol. The lowest BCUT2D eigenvalue weighted by Gasteiger charge is -2.12. The van der Waals surface area contributed by atoms with Crippen molar-refractivity contribution < 1.29 is 5.11 Å². The minimum Gasteiger partial charge on any atom is -0.388 e. The molecule has 1 aromatic heterocycles. The molecule has 1 aromatic carbocycles. The van der Waals surface area contributed by atoms with E-state index in [0.29, 0.717) is 22.0 Å².